The molecule has 2 rings (SSSR count). The van der Waals surface area contributed by atoms with Gasteiger partial charge < -0.3 is 4.74 Å². The average molecular weight is 297 g/mol. The summed E-state index contributed by atoms with van der Waals surface area (Å²) < 4.78 is 5.66. The molecule has 0 bridgehead atoms. The van der Waals surface area contributed by atoms with Crippen LogP contribution < -0.4 is 4.74 Å². The van der Waals surface area contributed by atoms with Crippen molar-refractivity contribution >= 4 is 23.2 Å². The van der Waals surface area contributed by atoms with Crippen LogP contribution in [-0.4, -0.2) is 9.97 Å². The van der Waals surface area contributed by atoms with Crippen LogP contribution in [0.15, 0.2) is 24.3 Å². The molecule has 0 aliphatic heterocycles. The molecule has 0 N–H and O–H groups in total. The minimum Gasteiger partial charge on any atom is -0.486 e. The van der Waals surface area contributed by atoms with E-state index in [1.54, 1.807) is 6.07 Å². The highest BCUT2D eigenvalue weighted by Crippen LogP contribution is 2.23. The minimum absolute atomic E-state index is 0.284. The zero-order valence-corrected chi connectivity index (χ0v) is 12.3. The maximum absolute atomic E-state index is 6.06. The number of aromatic nitrogens is 2. The van der Waals surface area contributed by atoms with Crippen LogP contribution in [0.25, 0.3) is 0 Å². The lowest BCUT2D eigenvalue weighted by atomic mass is 10.1. The summed E-state index contributed by atoms with van der Waals surface area (Å²) in [6.07, 6.45) is 0.864. The highest BCUT2D eigenvalue weighted by molar-refractivity contribution is 6.31. The van der Waals surface area contributed by atoms with E-state index in [1.165, 1.54) is 0 Å². The molecule has 1 aromatic carbocycles. The predicted octanol–water partition coefficient (Wildman–Crippen LogP) is 4.23. The third-order valence-corrected chi connectivity index (χ3v) is 3.20. The van der Waals surface area contributed by atoms with Crippen LogP contribution in [0.3, 0.4) is 0 Å². The number of halogens is 2. The number of aryl methyl sites for hydroxylation is 2. The smallest absolute Gasteiger partial charge is 0.167 e. The second-order valence-electron chi connectivity index (χ2n) is 4.14. The lowest BCUT2D eigenvalue weighted by Crippen LogP contribution is -2.03. The number of hydrogen-bond acceptors (Lipinski definition) is 3. The van der Waals surface area contributed by atoms with E-state index in [4.69, 9.17) is 27.9 Å². The highest BCUT2D eigenvalue weighted by Gasteiger charge is 2.04. The molecule has 0 amide bonds. The van der Waals surface area contributed by atoms with Crippen molar-refractivity contribution in [2.24, 2.45) is 0 Å². The molecule has 1 aromatic heterocycles. The molecule has 3 nitrogen and oxygen atoms in total. The van der Waals surface area contributed by atoms with Gasteiger partial charge in [-0.15, -0.1) is 0 Å². The first-order valence-corrected chi connectivity index (χ1v) is 6.75. The van der Waals surface area contributed by atoms with Crippen molar-refractivity contribution in [3.05, 3.63) is 51.5 Å². The lowest BCUT2D eigenvalue weighted by molar-refractivity contribution is 0.295. The van der Waals surface area contributed by atoms with E-state index in [0.29, 0.717) is 11.0 Å². The summed E-state index contributed by atoms with van der Waals surface area (Å²) >= 11 is 11.9. The van der Waals surface area contributed by atoms with E-state index in [1.807, 2.05) is 25.1 Å². The topological polar surface area (TPSA) is 35.0 Å². The third kappa shape index (κ3) is 3.82. The first kappa shape index (κ1) is 14.1. The number of ether oxygens (including phenoxy) is 1. The Balaban J connectivity index is 2.10. The zero-order valence-electron chi connectivity index (χ0n) is 10.8. The molecule has 0 atom stereocenters. The van der Waals surface area contributed by atoms with Gasteiger partial charge in [0.2, 0.25) is 0 Å². The summed E-state index contributed by atoms with van der Waals surface area (Å²) in [5.41, 5.74) is 1.88. The van der Waals surface area contributed by atoms with Crippen LogP contribution in [0.1, 0.15) is 24.0 Å². The Morgan fingerprint density at radius 3 is 2.63 bits per heavy atom. The van der Waals surface area contributed by atoms with E-state index in [2.05, 4.69) is 16.9 Å². The Labute approximate surface area is 122 Å². The Hall–Kier alpha value is -1.32. The Kier molecular flexibility index (Phi) is 4.61. The molecular formula is C14H14Cl2N2O. The predicted molar refractivity (Wildman–Crippen MR) is 76.9 cm³/mol. The summed E-state index contributed by atoms with van der Waals surface area (Å²) in [4.78, 5) is 8.38. The normalized spacial score (nSPS) is 10.5. The van der Waals surface area contributed by atoms with Crippen molar-refractivity contribution in [1.29, 1.82) is 0 Å². The standard InChI is InChI=1S/C14H14Cl2N2O/c1-3-10-7-11(4-5-12(10)15)19-8-14-17-9(2)6-13(16)18-14/h4-7H,3,8H2,1-2H3. The molecule has 0 saturated heterocycles. The van der Waals surface area contributed by atoms with Gasteiger partial charge in [-0.3, -0.25) is 0 Å². The Bertz CT molecular complexity index is 567. The molecule has 0 aliphatic rings. The van der Waals surface area contributed by atoms with Gasteiger partial charge in [0.15, 0.2) is 5.82 Å². The first-order chi connectivity index (χ1) is 9.08. The summed E-state index contributed by atoms with van der Waals surface area (Å²) in [5, 5.41) is 1.18. The van der Waals surface area contributed by atoms with Crippen LogP contribution in [0.4, 0.5) is 0 Å². The summed E-state index contributed by atoms with van der Waals surface area (Å²) in [7, 11) is 0. The largest absolute Gasteiger partial charge is 0.486 e. The van der Waals surface area contributed by atoms with E-state index < -0.39 is 0 Å². The van der Waals surface area contributed by atoms with Gasteiger partial charge in [-0.1, -0.05) is 30.1 Å². The number of rotatable bonds is 4. The fourth-order valence-electron chi connectivity index (χ4n) is 1.71. The quantitative estimate of drug-likeness (QED) is 0.792. The maximum atomic E-state index is 6.06. The molecule has 100 valence electrons. The monoisotopic (exact) mass is 296 g/mol. The van der Waals surface area contributed by atoms with Gasteiger partial charge in [0.05, 0.1) is 0 Å². The van der Waals surface area contributed by atoms with Crippen LogP contribution in [-0.2, 0) is 13.0 Å². The second kappa shape index (κ2) is 6.22. The number of hydrogen-bond donors (Lipinski definition) is 0. The van der Waals surface area contributed by atoms with Crippen LogP contribution in [0.5, 0.6) is 5.75 Å². The molecule has 0 spiro atoms. The molecule has 0 fully saturated rings. The molecule has 0 unspecified atom stereocenters. The fourth-order valence-corrected chi connectivity index (χ4v) is 2.22. The highest BCUT2D eigenvalue weighted by atomic mass is 35.5. The SMILES string of the molecule is CCc1cc(OCc2nc(C)cc(Cl)n2)ccc1Cl. The summed E-state index contributed by atoms with van der Waals surface area (Å²) in [6, 6.07) is 7.31. The molecular weight excluding hydrogens is 283 g/mol. The van der Waals surface area contributed by atoms with Gasteiger partial charge in [-0.25, -0.2) is 9.97 Å². The maximum Gasteiger partial charge on any atom is 0.167 e. The van der Waals surface area contributed by atoms with Gasteiger partial charge in [0.25, 0.3) is 0 Å². The number of benzene rings is 1. The van der Waals surface area contributed by atoms with Gasteiger partial charge in [-0.2, -0.15) is 0 Å². The minimum atomic E-state index is 0.284. The number of nitrogens with zero attached hydrogens (tertiary/aromatic N) is 2. The van der Waals surface area contributed by atoms with E-state index in [9.17, 15) is 0 Å². The van der Waals surface area contributed by atoms with Crippen molar-refractivity contribution in [2.75, 3.05) is 0 Å². The van der Waals surface area contributed by atoms with E-state index >= 15 is 0 Å². The van der Waals surface area contributed by atoms with Gasteiger partial charge in [0, 0.05) is 10.7 Å². The molecule has 0 aliphatic carbocycles. The van der Waals surface area contributed by atoms with Crippen molar-refractivity contribution in [1.82, 2.24) is 9.97 Å². The lowest BCUT2D eigenvalue weighted by Gasteiger charge is -2.08. The average Bonchev–Trinajstić information content (AvgIpc) is 2.36. The van der Waals surface area contributed by atoms with E-state index in [0.717, 1.165) is 28.5 Å². The second-order valence-corrected chi connectivity index (χ2v) is 4.94. The molecule has 0 saturated carbocycles. The summed E-state index contributed by atoms with van der Waals surface area (Å²) in [6.45, 7) is 4.20. The van der Waals surface area contributed by atoms with Crippen molar-refractivity contribution < 1.29 is 4.74 Å². The van der Waals surface area contributed by atoms with Crippen molar-refractivity contribution in [2.45, 2.75) is 26.9 Å². The third-order valence-electron chi connectivity index (χ3n) is 2.64. The van der Waals surface area contributed by atoms with Gasteiger partial charge in [-0.05, 0) is 43.2 Å². The molecule has 19 heavy (non-hydrogen) atoms. The van der Waals surface area contributed by atoms with Gasteiger partial charge in [0.1, 0.15) is 17.5 Å². The van der Waals surface area contributed by atoms with Crippen LogP contribution in [0, 0.1) is 6.92 Å². The van der Waals surface area contributed by atoms with Crippen LogP contribution in [0.2, 0.25) is 10.2 Å². The molecule has 0 radical (unpaired) electrons. The van der Waals surface area contributed by atoms with Crippen molar-refractivity contribution in [3.63, 3.8) is 0 Å². The first-order valence-electron chi connectivity index (χ1n) is 5.99. The van der Waals surface area contributed by atoms with E-state index in [-0.39, 0.29) is 6.61 Å². The Morgan fingerprint density at radius 1 is 1.16 bits per heavy atom. The van der Waals surface area contributed by atoms with Crippen LogP contribution >= 0.6 is 23.2 Å². The molecule has 5 heteroatoms. The fraction of sp³-hybridized carbons (Fsp3) is 0.286. The molecule has 2 aromatic rings. The zero-order chi connectivity index (χ0) is 13.8. The van der Waals surface area contributed by atoms with Crippen molar-refractivity contribution in [3.8, 4) is 5.75 Å². The Morgan fingerprint density at radius 2 is 1.95 bits per heavy atom. The summed E-state index contributed by atoms with van der Waals surface area (Å²) in [5.74, 6) is 1.32. The molecule has 1 heterocycles. The van der Waals surface area contributed by atoms with Gasteiger partial charge >= 0.3 is 0 Å².